The van der Waals surface area contributed by atoms with Crippen LogP contribution in [0.1, 0.15) is 32.6 Å². The van der Waals surface area contributed by atoms with Crippen molar-refractivity contribution in [2.45, 2.75) is 20.5 Å². The van der Waals surface area contributed by atoms with Crippen LogP contribution in [0.3, 0.4) is 0 Å². The van der Waals surface area contributed by atoms with Crippen LogP contribution in [0, 0.1) is 17.4 Å². The Labute approximate surface area is 232 Å². The molecule has 0 spiro atoms. The van der Waals surface area contributed by atoms with Gasteiger partial charge in [-0.1, -0.05) is 18.2 Å². The number of methoxy groups -OCH3 is 1. The van der Waals surface area contributed by atoms with Gasteiger partial charge in [0.25, 0.3) is 11.8 Å². The molecule has 0 bridgehead atoms. The smallest absolute Gasteiger partial charge is 0.335 e. The first kappa shape index (κ1) is 26.9. The molecule has 3 aromatic carbocycles. The van der Waals surface area contributed by atoms with E-state index in [4.69, 9.17) is 14.6 Å². The molecule has 4 rings (SSSR count). The molecule has 1 aliphatic heterocycles. The first-order valence-electron chi connectivity index (χ1n) is 11.4. The molecule has 1 aliphatic rings. The number of nitrogens with zero attached hydrogens (tertiary/aromatic N) is 1. The molecular formula is C28H23IN2O7. The fraction of sp³-hybridized carbons (Fsp3) is 0.143. The maximum atomic E-state index is 13.3. The van der Waals surface area contributed by atoms with E-state index < -0.39 is 23.8 Å². The molecular weight excluding hydrogens is 603 g/mol. The second kappa shape index (κ2) is 11.1. The standard InChI is InChI=1S/C28H23IN2O7/c1-15-4-9-20(10-16(15)2)31-26(33)21(25(32)30-28(31)36)11-18-12-22(29)24(23(13-18)37-3)38-14-17-5-7-19(8-6-17)27(34)35/h4-13H,14H2,1-3H3,(H,34,35)(H,30,32,36)/b21-11+. The summed E-state index contributed by atoms with van der Waals surface area (Å²) in [7, 11) is 1.47. The number of aromatic carboxylic acids is 1. The summed E-state index contributed by atoms with van der Waals surface area (Å²) in [6.45, 7) is 3.96. The Morgan fingerprint density at radius 1 is 1.03 bits per heavy atom. The monoisotopic (exact) mass is 626 g/mol. The summed E-state index contributed by atoms with van der Waals surface area (Å²) in [4.78, 5) is 50.4. The molecule has 0 atom stereocenters. The van der Waals surface area contributed by atoms with E-state index in [0.717, 1.165) is 21.6 Å². The number of imide groups is 2. The number of benzene rings is 3. The van der Waals surface area contributed by atoms with Gasteiger partial charge in [0.05, 0.1) is 21.9 Å². The fourth-order valence-corrected chi connectivity index (χ4v) is 4.57. The van der Waals surface area contributed by atoms with Crippen molar-refractivity contribution in [3.63, 3.8) is 0 Å². The second-order valence-electron chi connectivity index (χ2n) is 8.55. The van der Waals surface area contributed by atoms with Crippen LogP contribution in [-0.4, -0.2) is 36.0 Å². The zero-order chi connectivity index (χ0) is 27.6. The van der Waals surface area contributed by atoms with Gasteiger partial charge in [-0.3, -0.25) is 14.9 Å². The Kier molecular flexibility index (Phi) is 7.81. The van der Waals surface area contributed by atoms with Crippen molar-refractivity contribution in [3.05, 3.63) is 91.6 Å². The summed E-state index contributed by atoms with van der Waals surface area (Å²) in [6, 6.07) is 14.0. The summed E-state index contributed by atoms with van der Waals surface area (Å²) in [5, 5.41) is 11.3. The number of barbiturate groups is 1. The first-order valence-corrected chi connectivity index (χ1v) is 12.5. The Bertz CT molecular complexity index is 1500. The van der Waals surface area contributed by atoms with Crippen molar-refractivity contribution in [2.75, 3.05) is 12.0 Å². The third kappa shape index (κ3) is 5.54. The quantitative estimate of drug-likeness (QED) is 0.218. The summed E-state index contributed by atoms with van der Waals surface area (Å²) in [6.07, 6.45) is 1.40. The van der Waals surface area contributed by atoms with Crippen molar-refractivity contribution in [1.29, 1.82) is 0 Å². The molecule has 0 aromatic heterocycles. The summed E-state index contributed by atoms with van der Waals surface area (Å²) in [5.41, 5.74) is 3.51. The number of hydrogen-bond donors (Lipinski definition) is 2. The van der Waals surface area contributed by atoms with Crippen LogP contribution in [0.15, 0.2) is 60.2 Å². The van der Waals surface area contributed by atoms with Crippen molar-refractivity contribution >= 4 is 58.2 Å². The number of nitrogens with one attached hydrogen (secondary N) is 1. The van der Waals surface area contributed by atoms with Crippen molar-refractivity contribution < 1.29 is 33.8 Å². The van der Waals surface area contributed by atoms with Gasteiger partial charge in [0.1, 0.15) is 12.2 Å². The predicted octanol–water partition coefficient (Wildman–Crippen LogP) is 4.86. The van der Waals surface area contributed by atoms with E-state index in [2.05, 4.69) is 27.9 Å². The average molecular weight is 626 g/mol. The Morgan fingerprint density at radius 3 is 2.37 bits per heavy atom. The predicted molar refractivity (Wildman–Crippen MR) is 148 cm³/mol. The third-order valence-corrected chi connectivity index (χ3v) is 6.80. The van der Waals surface area contributed by atoms with Gasteiger partial charge in [-0.05, 0) is 101 Å². The van der Waals surface area contributed by atoms with Gasteiger partial charge >= 0.3 is 12.0 Å². The largest absolute Gasteiger partial charge is 0.493 e. The minimum absolute atomic E-state index is 0.167. The van der Waals surface area contributed by atoms with E-state index in [1.165, 1.54) is 25.3 Å². The number of carboxylic acids is 1. The Hall–Kier alpha value is -4.19. The Morgan fingerprint density at radius 2 is 1.74 bits per heavy atom. The normalized spacial score (nSPS) is 14.5. The zero-order valence-electron chi connectivity index (χ0n) is 20.7. The number of ether oxygens (including phenoxy) is 2. The van der Waals surface area contributed by atoms with Crippen molar-refractivity contribution in [1.82, 2.24) is 5.32 Å². The lowest BCUT2D eigenvalue weighted by molar-refractivity contribution is -0.122. The lowest BCUT2D eigenvalue weighted by atomic mass is 10.0. The van der Waals surface area contributed by atoms with Crippen molar-refractivity contribution in [2.24, 2.45) is 0 Å². The highest BCUT2D eigenvalue weighted by Gasteiger charge is 2.37. The second-order valence-corrected chi connectivity index (χ2v) is 9.71. The van der Waals surface area contributed by atoms with Crippen LogP contribution in [0.25, 0.3) is 6.08 Å². The first-order chi connectivity index (χ1) is 18.1. The van der Waals surface area contributed by atoms with Crippen LogP contribution in [0.2, 0.25) is 0 Å². The van der Waals surface area contributed by atoms with E-state index in [0.29, 0.717) is 26.3 Å². The highest BCUT2D eigenvalue weighted by Crippen LogP contribution is 2.35. The van der Waals surface area contributed by atoms with E-state index in [1.807, 2.05) is 13.8 Å². The Balaban J connectivity index is 1.61. The number of hydrogen-bond acceptors (Lipinski definition) is 6. The fourth-order valence-electron chi connectivity index (χ4n) is 3.79. The maximum Gasteiger partial charge on any atom is 0.335 e. The number of halogens is 1. The minimum Gasteiger partial charge on any atom is -0.493 e. The van der Waals surface area contributed by atoms with Crippen LogP contribution >= 0.6 is 22.6 Å². The zero-order valence-corrected chi connectivity index (χ0v) is 22.9. The molecule has 10 heteroatoms. The van der Waals surface area contributed by atoms with Gasteiger partial charge in [0.2, 0.25) is 0 Å². The molecule has 1 saturated heterocycles. The topological polar surface area (TPSA) is 122 Å². The molecule has 0 aliphatic carbocycles. The number of amides is 4. The number of urea groups is 1. The van der Waals surface area contributed by atoms with Gasteiger partial charge < -0.3 is 14.6 Å². The van der Waals surface area contributed by atoms with Gasteiger partial charge in [-0.15, -0.1) is 0 Å². The van der Waals surface area contributed by atoms with Gasteiger partial charge in [0.15, 0.2) is 11.5 Å². The number of aryl methyl sites for hydroxylation is 2. The lowest BCUT2D eigenvalue weighted by Crippen LogP contribution is -2.54. The molecule has 38 heavy (non-hydrogen) atoms. The van der Waals surface area contributed by atoms with Gasteiger partial charge in [-0.25, -0.2) is 14.5 Å². The van der Waals surface area contributed by atoms with Crippen LogP contribution in [0.4, 0.5) is 10.5 Å². The number of carbonyl (C=O) groups is 4. The highest BCUT2D eigenvalue weighted by molar-refractivity contribution is 14.1. The molecule has 4 amide bonds. The number of carboxylic acid groups (broad SMARTS) is 1. The van der Waals surface area contributed by atoms with Gasteiger partial charge in [-0.2, -0.15) is 0 Å². The van der Waals surface area contributed by atoms with Crippen LogP contribution in [-0.2, 0) is 16.2 Å². The summed E-state index contributed by atoms with van der Waals surface area (Å²) in [5.74, 6) is -1.72. The number of rotatable bonds is 7. The van der Waals surface area contributed by atoms with E-state index >= 15 is 0 Å². The highest BCUT2D eigenvalue weighted by atomic mass is 127. The van der Waals surface area contributed by atoms with Gasteiger partial charge in [0, 0.05) is 0 Å². The summed E-state index contributed by atoms with van der Waals surface area (Å²) >= 11 is 2.06. The van der Waals surface area contributed by atoms with E-state index in [9.17, 15) is 19.2 Å². The molecule has 1 fully saturated rings. The molecule has 1 heterocycles. The van der Waals surface area contributed by atoms with E-state index in [-0.39, 0.29) is 17.7 Å². The number of carbonyl (C=O) groups excluding carboxylic acids is 3. The summed E-state index contributed by atoms with van der Waals surface area (Å²) < 4.78 is 12.1. The SMILES string of the molecule is COc1cc(/C=C2\C(=O)NC(=O)N(c3ccc(C)c(C)c3)C2=O)cc(I)c1OCc1ccc(C(=O)O)cc1. The number of anilines is 1. The van der Waals surface area contributed by atoms with Crippen LogP contribution in [0.5, 0.6) is 11.5 Å². The minimum atomic E-state index is -1.01. The molecule has 0 unspecified atom stereocenters. The lowest BCUT2D eigenvalue weighted by Gasteiger charge is -2.27. The van der Waals surface area contributed by atoms with Crippen molar-refractivity contribution in [3.8, 4) is 11.5 Å². The average Bonchev–Trinajstić information content (AvgIpc) is 2.87. The molecule has 0 saturated carbocycles. The molecule has 2 N–H and O–H groups in total. The molecule has 194 valence electrons. The maximum absolute atomic E-state index is 13.3. The molecule has 0 radical (unpaired) electrons. The van der Waals surface area contributed by atoms with E-state index in [1.54, 1.807) is 42.5 Å². The molecule has 9 nitrogen and oxygen atoms in total. The molecule has 3 aromatic rings. The third-order valence-electron chi connectivity index (χ3n) is 6.00. The van der Waals surface area contributed by atoms with Crippen LogP contribution < -0.4 is 19.7 Å².